The van der Waals surface area contributed by atoms with E-state index in [2.05, 4.69) is 12.2 Å². The molecule has 2 atom stereocenters. The molecule has 5 rings (SSSR count). The number of ketones is 1. The number of carbonyl (C=O) groups excluding carboxylic acids is 2. The van der Waals surface area contributed by atoms with Crippen molar-refractivity contribution in [2.45, 2.75) is 57.4 Å². The van der Waals surface area contributed by atoms with Gasteiger partial charge in [0.25, 0.3) is 0 Å². The zero-order valence-electron chi connectivity index (χ0n) is 23.2. The number of allylic oxidation sites excluding steroid dienone is 1. The predicted octanol–water partition coefficient (Wildman–Crippen LogP) is 7.84. The molecule has 1 aliphatic carbocycles. The van der Waals surface area contributed by atoms with E-state index < -0.39 is 6.04 Å². The lowest BCUT2D eigenvalue weighted by molar-refractivity contribution is -0.119. The molecule has 1 N–H and O–H groups in total. The lowest BCUT2D eigenvalue weighted by atomic mass is 9.78. The number of methoxy groups -OCH3 is 2. The van der Waals surface area contributed by atoms with Crippen LogP contribution in [0.3, 0.4) is 0 Å². The largest absolute Gasteiger partial charge is 0.493 e. The van der Waals surface area contributed by atoms with Gasteiger partial charge in [0.15, 0.2) is 17.3 Å². The van der Waals surface area contributed by atoms with Crippen LogP contribution in [0.1, 0.15) is 68.5 Å². The van der Waals surface area contributed by atoms with E-state index in [1.807, 2.05) is 71.6 Å². The van der Waals surface area contributed by atoms with Gasteiger partial charge in [-0.1, -0.05) is 61.7 Å². The Bertz CT molecular complexity index is 1450. The third kappa shape index (κ3) is 5.46. The molecule has 0 fully saturated rings. The van der Waals surface area contributed by atoms with Crippen LogP contribution in [0.4, 0.5) is 11.4 Å². The molecule has 0 bridgehead atoms. The molecule has 3 aromatic rings. The molecule has 2 aliphatic rings. The summed E-state index contributed by atoms with van der Waals surface area (Å²) < 4.78 is 11.0. The number of hydrogen-bond donors (Lipinski definition) is 1. The first-order valence-corrected chi connectivity index (χ1v) is 14.2. The van der Waals surface area contributed by atoms with Crippen molar-refractivity contribution in [1.29, 1.82) is 0 Å². The quantitative estimate of drug-likeness (QED) is 0.285. The minimum atomic E-state index is -0.585. The standard InChI is InChI=1S/C33H35ClN2O4/c1-4-5-6-14-31(38)36-27-13-8-7-12-25(27)35-26-18-23(21-15-16-29(39-2)30(20-21)40-3)19-28(37)32(26)33(36)22-10-9-11-24(34)17-22/h7-13,15-17,20,23,33,35H,4-6,14,18-19H2,1-3H3/t23-,33-/m0/s1. The summed E-state index contributed by atoms with van der Waals surface area (Å²) in [6, 6.07) is 20.5. The topological polar surface area (TPSA) is 67.9 Å². The van der Waals surface area contributed by atoms with E-state index in [-0.39, 0.29) is 17.6 Å². The number of rotatable bonds is 8. The maximum atomic E-state index is 14.2. The smallest absolute Gasteiger partial charge is 0.227 e. The van der Waals surface area contributed by atoms with Crippen LogP contribution < -0.4 is 19.7 Å². The summed E-state index contributed by atoms with van der Waals surface area (Å²) in [4.78, 5) is 29.9. The van der Waals surface area contributed by atoms with Crippen molar-refractivity contribution in [3.8, 4) is 11.5 Å². The summed E-state index contributed by atoms with van der Waals surface area (Å²) in [6.07, 6.45) is 4.13. The normalized spacial score (nSPS) is 18.4. The molecule has 0 radical (unpaired) electrons. The molecule has 1 heterocycles. The summed E-state index contributed by atoms with van der Waals surface area (Å²) in [5, 5.41) is 4.15. The van der Waals surface area contributed by atoms with Gasteiger partial charge in [-0.15, -0.1) is 0 Å². The average molecular weight is 559 g/mol. The Morgan fingerprint density at radius 2 is 1.75 bits per heavy atom. The number of anilines is 2. The third-order valence-electron chi connectivity index (χ3n) is 7.79. The van der Waals surface area contributed by atoms with Crippen molar-refractivity contribution >= 4 is 34.7 Å². The zero-order chi connectivity index (χ0) is 28.2. The fourth-order valence-corrected chi connectivity index (χ4v) is 6.05. The van der Waals surface area contributed by atoms with Gasteiger partial charge < -0.3 is 14.8 Å². The number of unbranched alkanes of at least 4 members (excludes halogenated alkanes) is 2. The first-order chi connectivity index (χ1) is 19.4. The highest BCUT2D eigenvalue weighted by Gasteiger charge is 2.41. The van der Waals surface area contributed by atoms with Gasteiger partial charge >= 0.3 is 0 Å². The second-order valence-electron chi connectivity index (χ2n) is 10.4. The molecular weight excluding hydrogens is 524 g/mol. The highest BCUT2D eigenvalue weighted by atomic mass is 35.5. The summed E-state index contributed by atoms with van der Waals surface area (Å²) in [7, 11) is 3.22. The van der Waals surface area contributed by atoms with E-state index in [4.69, 9.17) is 21.1 Å². The molecule has 1 aliphatic heterocycles. The number of fused-ring (bicyclic) bond motifs is 1. The van der Waals surface area contributed by atoms with Crippen LogP contribution in [0.15, 0.2) is 78.0 Å². The first-order valence-electron chi connectivity index (χ1n) is 13.9. The van der Waals surface area contributed by atoms with Crippen LogP contribution in [0.25, 0.3) is 0 Å². The van der Waals surface area contributed by atoms with E-state index in [1.165, 1.54) is 0 Å². The number of Topliss-reactive ketones (excluding diaryl/α,β-unsaturated/α-hetero) is 1. The molecule has 6 nitrogen and oxygen atoms in total. The highest BCUT2D eigenvalue weighted by Crippen LogP contribution is 2.48. The maximum Gasteiger partial charge on any atom is 0.227 e. The minimum Gasteiger partial charge on any atom is -0.493 e. The van der Waals surface area contributed by atoms with Crippen LogP contribution in [-0.4, -0.2) is 25.9 Å². The number of halogens is 1. The number of para-hydroxylation sites is 2. The number of carbonyl (C=O) groups is 2. The Morgan fingerprint density at radius 1 is 0.950 bits per heavy atom. The summed E-state index contributed by atoms with van der Waals surface area (Å²) in [6.45, 7) is 2.12. The average Bonchev–Trinajstić information content (AvgIpc) is 3.11. The second kappa shape index (κ2) is 12.2. The van der Waals surface area contributed by atoms with Gasteiger partial charge in [0.05, 0.1) is 31.6 Å². The molecule has 0 saturated heterocycles. The molecule has 40 heavy (non-hydrogen) atoms. The highest BCUT2D eigenvalue weighted by molar-refractivity contribution is 6.30. The van der Waals surface area contributed by atoms with Gasteiger partial charge in [0.1, 0.15) is 0 Å². The van der Waals surface area contributed by atoms with Crippen molar-refractivity contribution < 1.29 is 19.1 Å². The van der Waals surface area contributed by atoms with E-state index in [9.17, 15) is 9.59 Å². The summed E-state index contributed by atoms with van der Waals surface area (Å²) in [5.74, 6) is 1.23. The van der Waals surface area contributed by atoms with E-state index in [0.29, 0.717) is 41.4 Å². The van der Waals surface area contributed by atoms with Crippen LogP contribution in [0.2, 0.25) is 5.02 Å². The number of benzene rings is 3. The van der Waals surface area contributed by atoms with E-state index in [0.717, 1.165) is 47.5 Å². The Labute approximate surface area is 240 Å². The maximum absolute atomic E-state index is 14.2. The van der Waals surface area contributed by atoms with Crippen molar-refractivity contribution in [2.24, 2.45) is 0 Å². The molecular formula is C33H35ClN2O4. The lowest BCUT2D eigenvalue weighted by Crippen LogP contribution is -2.38. The Morgan fingerprint density at radius 3 is 2.50 bits per heavy atom. The Kier molecular flexibility index (Phi) is 8.46. The molecule has 0 aromatic heterocycles. The molecule has 0 saturated carbocycles. The number of amides is 1. The fraction of sp³-hybridized carbons (Fsp3) is 0.333. The van der Waals surface area contributed by atoms with Crippen molar-refractivity contribution in [3.05, 3.63) is 94.1 Å². The van der Waals surface area contributed by atoms with Crippen LogP contribution in [-0.2, 0) is 9.59 Å². The lowest BCUT2D eigenvalue weighted by Gasteiger charge is -2.35. The van der Waals surface area contributed by atoms with Crippen molar-refractivity contribution in [2.75, 3.05) is 24.4 Å². The molecule has 1 amide bonds. The van der Waals surface area contributed by atoms with Crippen LogP contribution in [0, 0.1) is 0 Å². The van der Waals surface area contributed by atoms with Gasteiger partial charge in [-0.3, -0.25) is 14.5 Å². The molecule has 208 valence electrons. The minimum absolute atomic E-state index is 0.00348. The molecule has 7 heteroatoms. The van der Waals surface area contributed by atoms with Gasteiger partial charge in [0.2, 0.25) is 5.91 Å². The van der Waals surface area contributed by atoms with E-state index in [1.54, 1.807) is 14.2 Å². The summed E-state index contributed by atoms with van der Waals surface area (Å²) in [5.41, 5.74) is 4.85. The number of nitrogens with one attached hydrogen (secondary N) is 1. The number of nitrogens with zero attached hydrogens (tertiary/aromatic N) is 1. The third-order valence-corrected chi connectivity index (χ3v) is 8.03. The molecule has 3 aromatic carbocycles. The van der Waals surface area contributed by atoms with Gasteiger partial charge in [-0.25, -0.2) is 0 Å². The fourth-order valence-electron chi connectivity index (χ4n) is 5.85. The molecule has 0 unspecified atom stereocenters. The van der Waals surface area contributed by atoms with Crippen molar-refractivity contribution in [1.82, 2.24) is 0 Å². The Hall–Kier alpha value is -3.77. The Balaban J connectivity index is 1.64. The predicted molar refractivity (Wildman–Crippen MR) is 159 cm³/mol. The number of hydrogen-bond acceptors (Lipinski definition) is 5. The van der Waals surface area contributed by atoms with Crippen LogP contribution in [0.5, 0.6) is 11.5 Å². The van der Waals surface area contributed by atoms with Gasteiger partial charge in [0, 0.05) is 29.1 Å². The second-order valence-corrected chi connectivity index (χ2v) is 10.8. The summed E-state index contributed by atoms with van der Waals surface area (Å²) >= 11 is 6.46. The zero-order valence-corrected chi connectivity index (χ0v) is 24.0. The van der Waals surface area contributed by atoms with Crippen LogP contribution >= 0.6 is 11.6 Å². The van der Waals surface area contributed by atoms with Crippen molar-refractivity contribution in [3.63, 3.8) is 0 Å². The molecule has 0 spiro atoms. The van der Waals surface area contributed by atoms with Gasteiger partial charge in [-0.2, -0.15) is 0 Å². The monoisotopic (exact) mass is 558 g/mol. The number of ether oxygens (including phenoxy) is 2. The van der Waals surface area contributed by atoms with Gasteiger partial charge in [-0.05, 0) is 66.3 Å². The van der Waals surface area contributed by atoms with E-state index >= 15 is 0 Å². The SMILES string of the molecule is CCCCCC(=O)N1c2ccccc2NC2=C(C(=O)C[C@@H](c3ccc(OC)c(OC)c3)C2)[C@@H]1c1cccc(Cl)c1. The first kappa shape index (κ1) is 27.8.